The summed E-state index contributed by atoms with van der Waals surface area (Å²) in [6, 6.07) is 12.5. The van der Waals surface area contributed by atoms with Crippen LogP contribution in [0.2, 0.25) is 0 Å². The molecule has 3 heteroatoms. The van der Waals surface area contributed by atoms with E-state index in [0.29, 0.717) is 6.04 Å². The quantitative estimate of drug-likeness (QED) is 0.835. The lowest BCUT2D eigenvalue weighted by molar-refractivity contribution is 0.412. The maximum atomic E-state index is 5.37. The maximum absolute atomic E-state index is 5.37. The van der Waals surface area contributed by atoms with Crippen molar-refractivity contribution < 1.29 is 4.52 Å². The van der Waals surface area contributed by atoms with Gasteiger partial charge in [-0.15, -0.1) is 0 Å². The summed E-state index contributed by atoms with van der Waals surface area (Å²) in [5, 5.41) is 7.55. The van der Waals surface area contributed by atoms with E-state index in [2.05, 4.69) is 10.5 Å². The summed E-state index contributed by atoms with van der Waals surface area (Å²) in [4.78, 5) is 0. The van der Waals surface area contributed by atoms with E-state index in [9.17, 15) is 0 Å². The summed E-state index contributed by atoms with van der Waals surface area (Å²) >= 11 is 0. The van der Waals surface area contributed by atoms with Crippen LogP contribution in [-0.4, -0.2) is 11.7 Å². The molecule has 1 N–H and O–H groups in total. The van der Waals surface area contributed by atoms with Crippen LogP contribution < -0.4 is 5.32 Å². The fourth-order valence-corrected chi connectivity index (χ4v) is 2.13. The molecule has 0 amide bonds. The van der Waals surface area contributed by atoms with Gasteiger partial charge < -0.3 is 9.84 Å². The molecule has 0 bridgehead atoms. The van der Waals surface area contributed by atoms with Crippen molar-refractivity contribution in [3.05, 3.63) is 42.1 Å². The lowest BCUT2D eigenvalue weighted by Crippen LogP contribution is -2.12. The van der Waals surface area contributed by atoms with E-state index in [1.54, 1.807) is 0 Å². The first kappa shape index (κ1) is 9.60. The molecule has 1 atom stereocenters. The predicted octanol–water partition coefficient (Wildman–Crippen LogP) is 2.77. The molecule has 1 aliphatic heterocycles. The molecule has 1 fully saturated rings. The third kappa shape index (κ3) is 1.74. The van der Waals surface area contributed by atoms with Gasteiger partial charge in [0, 0.05) is 11.6 Å². The second-order valence-corrected chi connectivity index (χ2v) is 4.13. The van der Waals surface area contributed by atoms with Crippen molar-refractivity contribution in [3.8, 4) is 11.3 Å². The van der Waals surface area contributed by atoms with Crippen molar-refractivity contribution in [1.82, 2.24) is 10.5 Å². The van der Waals surface area contributed by atoms with E-state index in [-0.39, 0.29) is 0 Å². The topological polar surface area (TPSA) is 38.1 Å². The van der Waals surface area contributed by atoms with E-state index in [1.807, 2.05) is 36.4 Å². The third-order valence-corrected chi connectivity index (χ3v) is 3.00. The molecule has 0 saturated carbocycles. The zero-order chi connectivity index (χ0) is 10.8. The fourth-order valence-electron chi connectivity index (χ4n) is 2.13. The molecule has 3 rings (SSSR count). The highest BCUT2D eigenvalue weighted by atomic mass is 16.5. The lowest BCUT2D eigenvalue weighted by Gasteiger charge is -2.02. The Morgan fingerprint density at radius 1 is 1.25 bits per heavy atom. The fraction of sp³-hybridized carbons (Fsp3) is 0.308. The van der Waals surface area contributed by atoms with Crippen LogP contribution in [0.1, 0.15) is 24.6 Å². The van der Waals surface area contributed by atoms with Crippen molar-refractivity contribution in [2.75, 3.05) is 6.54 Å². The Kier molecular flexibility index (Phi) is 2.46. The highest BCUT2D eigenvalue weighted by molar-refractivity contribution is 5.57. The highest BCUT2D eigenvalue weighted by Crippen LogP contribution is 2.26. The maximum Gasteiger partial charge on any atom is 0.167 e. The second-order valence-electron chi connectivity index (χ2n) is 4.13. The minimum Gasteiger partial charge on any atom is -0.356 e. The summed E-state index contributed by atoms with van der Waals surface area (Å²) in [5.74, 6) is 0.851. The number of rotatable bonds is 2. The van der Waals surface area contributed by atoms with Gasteiger partial charge in [-0.1, -0.05) is 35.5 Å². The molecule has 16 heavy (non-hydrogen) atoms. The average molecular weight is 214 g/mol. The zero-order valence-corrected chi connectivity index (χ0v) is 9.02. The third-order valence-electron chi connectivity index (χ3n) is 3.00. The minimum atomic E-state index is 0.376. The number of nitrogens with zero attached hydrogens (tertiary/aromatic N) is 1. The van der Waals surface area contributed by atoms with Crippen molar-refractivity contribution in [1.29, 1.82) is 0 Å². The van der Waals surface area contributed by atoms with Crippen LogP contribution >= 0.6 is 0 Å². The van der Waals surface area contributed by atoms with Crippen LogP contribution in [0.25, 0.3) is 11.3 Å². The standard InChI is InChI=1S/C13H14N2O/c1-2-5-10(6-3-1)13-9-12(15-16-13)11-7-4-8-14-11/h1-3,5-6,9,11,14H,4,7-8H2/t11-/m1/s1. The molecule has 0 aliphatic carbocycles. The van der Waals surface area contributed by atoms with Gasteiger partial charge in [0.2, 0.25) is 0 Å². The van der Waals surface area contributed by atoms with Crippen LogP contribution in [0.5, 0.6) is 0 Å². The largest absolute Gasteiger partial charge is 0.356 e. The van der Waals surface area contributed by atoms with Crippen molar-refractivity contribution in [3.63, 3.8) is 0 Å². The Bertz CT molecular complexity index is 458. The van der Waals surface area contributed by atoms with Gasteiger partial charge >= 0.3 is 0 Å². The van der Waals surface area contributed by atoms with Crippen molar-refractivity contribution in [2.24, 2.45) is 0 Å². The summed E-state index contributed by atoms with van der Waals surface area (Å²) in [5.41, 5.74) is 2.11. The highest BCUT2D eigenvalue weighted by Gasteiger charge is 2.20. The van der Waals surface area contributed by atoms with E-state index in [1.165, 1.54) is 6.42 Å². The molecule has 82 valence electrons. The SMILES string of the molecule is c1ccc(-c2cc([C@H]3CCCN3)no2)cc1. The first-order valence-electron chi connectivity index (χ1n) is 5.69. The van der Waals surface area contributed by atoms with Crippen LogP contribution in [0.3, 0.4) is 0 Å². The van der Waals surface area contributed by atoms with Gasteiger partial charge in [0.1, 0.15) is 5.69 Å². The Labute approximate surface area is 94.5 Å². The zero-order valence-electron chi connectivity index (χ0n) is 9.02. The summed E-state index contributed by atoms with van der Waals surface area (Å²) in [6.45, 7) is 1.08. The summed E-state index contributed by atoms with van der Waals surface area (Å²) in [6.07, 6.45) is 2.37. The molecular formula is C13H14N2O. The molecule has 1 aromatic carbocycles. The van der Waals surface area contributed by atoms with Crippen LogP contribution in [-0.2, 0) is 0 Å². The van der Waals surface area contributed by atoms with Gasteiger partial charge in [-0.2, -0.15) is 0 Å². The van der Waals surface area contributed by atoms with Crippen LogP contribution in [0.15, 0.2) is 40.9 Å². The van der Waals surface area contributed by atoms with E-state index in [0.717, 1.165) is 30.0 Å². The first-order chi connectivity index (χ1) is 7.93. The molecule has 0 unspecified atom stereocenters. The van der Waals surface area contributed by atoms with Crippen molar-refractivity contribution in [2.45, 2.75) is 18.9 Å². The van der Waals surface area contributed by atoms with Gasteiger partial charge in [0.25, 0.3) is 0 Å². The molecule has 0 radical (unpaired) electrons. The van der Waals surface area contributed by atoms with Crippen molar-refractivity contribution >= 4 is 0 Å². The van der Waals surface area contributed by atoms with Gasteiger partial charge in [0.15, 0.2) is 5.76 Å². The van der Waals surface area contributed by atoms with E-state index in [4.69, 9.17) is 4.52 Å². The predicted molar refractivity (Wildman–Crippen MR) is 61.9 cm³/mol. The number of aromatic nitrogens is 1. The lowest BCUT2D eigenvalue weighted by atomic mass is 10.1. The number of benzene rings is 1. The van der Waals surface area contributed by atoms with Crippen LogP contribution in [0.4, 0.5) is 0 Å². The Morgan fingerprint density at radius 3 is 2.88 bits per heavy atom. The van der Waals surface area contributed by atoms with Gasteiger partial charge in [0.05, 0.1) is 6.04 Å². The van der Waals surface area contributed by atoms with Crippen LogP contribution in [0, 0.1) is 0 Å². The Hall–Kier alpha value is -1.61. The molecule has 2 aromatic rings. The molecule has 0 spiro atoms. The average Bonchev–Trinajstić information content (AvgIpc) is 3.01. The Morgan fingerprint density at radius 2 is 2.12 bits per heavy atom. The normalized spacial score (nSPS) is 20.1. The molecule has 2 heterocycles. The smallest absolute Gasteiger partial charge is 0.167 e. The van der Waals surface area contributed by atoms with E-state index >= 15 is 0 Å². The first-order valence-corrected chi connectivity index (χ1v) is 5.69. The number of hydrogen-bond donors (Lipinski definition) is 1. The van der Waals surface area contributed by atoms with Gasteiger partial charge in [-0.25, -0.2) is 0 Å². The monoisotopic (exact) mass is 214 g/mol. The minimum absolute atomic E-state index is 0.376. The van der Waals surface area contributed by atoms with Gasteiger partial charge in [-0.05, 0) is 19.4 Å². The van der Waals surface area contributed by atoms with E-state index < -0.39 is 0 Å². The summed E-state index contributed by atoms with van der Waals surface area (Å²) < 4.78 is 5.37. The molecule has 1 aliphatic rings. The molecule has 1 saturated heterocycles. The molecule has 3 nitrogen and oxygen atoms in total. The summed E-state index contributed by atoms with van der Waals surface area (Å²) in [7, 11) is 0. The van der Waals surface area contributed by atoms with Gasteiger partial charge in [-0.3, -0.25) is 0 Å². The number of hydrogen-bond acceptors (Lipinski definition) is 3. The molecular weight excluding hydrogens is 200 g/mol. The Balaban J connectivity index is 1.87. The number of nitrogens with one attached hydrogen (secondary N) is 1. The molecule has 1 aromatic heterocycles. The second kappa shape index (κ2) is 4.10.